The van der Waals surface area contributed by atoms with Crippen LogP contribution in [0.25, 0.3) is 0 Å². The molecule has 1 aromatic carbocycles. The van der Waals surface area contributed by atoms with E-state index in [2.05, 4.69) is 92.4 Å². The van der Waals surface area contributed by atoms with Crippen molar-refractivity contribution >= 4 is 5.97 Å². The van der Waals surface area contributed by atoms with Gasteiger partial charge in [-0.3, -0.25) is 4.90 Å². The molecular formula is C33H53N3O3. The summed E-state index contributed by atoms with van der Waals surface area (Å²) in [6.07, 6.45) is 4.09. The Hall–Kier alpha value is -2.10. The van der Waals surface area contributed by atoms with Crippen LogP contribution in [0.1, 0.15) is 125 Å². The van der Waals surface area contributed by atoms with Crippen LogP contribution < -0.4 is 5.32 Å². The van der Waals surface area contributed by atoms with Gasteiger partial charge in [0.15, 0.2) is 0 Å². The summed E-state index contributed by atoms with van der Waals surface area (Å²) < 4.78 is 6.39. The number of carbonyl (C=O) groups excluding carboxylic acids is 1. The first-order chi connectivity index (χ1) is 17.6. The van der Waals surface area contributed by atoms with Crippen LogP contribution in [-0.4, -0.2) is 49.8 Å². The van der Waals surface area contributed by atoms with Crippen LogP contribution >= 0.6 is 0 Å². The number of rotatable bonds is 5. The number of carbonyl (C=O) groups is 1. The van der Waals surface area contributed by atoms with Crippen molar-refractivity contribution < 1.29 is 14.6 Å². The number of phenolic OH excluding ortho intramolecular Hbond substituents is 1. The maximum atomic E-state index is 14.5. The summed E-state index contributed by atoms with van der Waals surface area (Å²) in [6, 6.07) is 6.44. The van der Waals surface area contributed by atoms with E-state index in [-0.39, 0.29) is 45.8 Å². The molecule has 0 spiro atoms. The molecule has 3 rings (SSSR count). The number of esters is 1. The van der Waals surface area contributed by atoms with Crippen molar-refractivity contribution in [2.24, 2.45) is 0 Å². The van der Waals surface area contributed by atoms with Crippen molar-refractivity contribution in [2.45, 2.75) is 161 Å². The van der Waals surface area contributed by atoms with Gasteiger partial charge in [-0.2, -0.15) is 5.26 Å². The first kappa shape index (κ1) is 31.4. The predicted molar refractivity (Wildman–Crippen MR) is 158 cm³/mol. The van der Waals surface area contributed by atoms with Gasteiger partial charge in [0.1, 0.15) is 11.9 Å². The van der Waals surface area contributed by atoms with Crippen LogP contribution in [0.4, 0.5) is 0 Å². The molecule has 2 saturated heterocycles. The molecule has 6 nitrogen and oxygen atoms in total. The summed E-state index contributed by atoms with van der Waals surface area (Å²) in [7, 11) is 0. The first-order valence-corrected chi connectivity index (χ1v) is 14.6. The number of ether oxygens (including phenoxy) is 1. The lowest BCUT2D eigenvalue weighted by Crippen LogP contribution is -2.71. The SMILES string of the molecule is Cc1cc(CC(C#N)(C(=O)OC2CC(C)(C)NC(C)(C)C2)N2C(C)(C)CCCC2(C)C)cc(C(C)(C)C)c1O. The second-order valence-electron chi connectivity index (χ2n) is 15.8. The van der Waals surface area contributed by atoms with Gasteiger partial charge in [-0.05, 0) is 104 Å². The zero-order valence-corrected chi connectivity index (χ0v) is 26.6. The minimum atomic E-state index is -1.52. The van der Waals surface area contributed by atoms with E-state index in [9.17, 15) is 15.2 Å². The molecular weight excluding hydrogens is 486 g/mol. The molecule has 2 aliphatic heterocycles. The summed E-state index contributed by atoms with van der Waals surface area (Å²) in [5.41, 5.74) is -0.556. The number of hydrogen-bond acceptors (Lipinski definition) is 6. The topological polar surface area (TPSA) is 85.6 Å². The van der Waals surface area contributed by atoms with E-state index in [1.165, 1.54) is 0 Å². The van der Waals surface area contributed by atoms with Crippen molar-refractivity contribution in [3.8, 4) is 11.8 Å². The maximum Gasteiger partial charge on any atom is 0.342 e. The van der Waals surface area contributed by atoms with Crippen molar-refractivity contribution in [1.29, 1.82) is 5.26 Å². The molecule has 0 bridgehead atoms. The number of benzene rings is 1. The fourth-order valence-corrected chi connectivity index (χ4v) is 7.79. The van der Waals surface area contributed by atoms with Crippen molar-refractivity contribution in [1.82, 2.24) is 10.2 Å². The number of nitriles is 1. The maximum absolute atomic E-state index is 14.5. The van der Waals surface area contributed by atoms with Gasteiger partial charge in [-0.15, -0.1) is 0 Å². The molecule has 0 radical (unpaired) electrons. The Labute approximate surface area is 237 Å². The number of aryl methyl sites for hydroxylation is 1. The summed E-state index contributed by atoms with van der Waals surface area (Å²) in [4.78, 5) is 16.7. The lowest BCUT2D eigenvalue weighted by Gasteiger charge is -2.58. The summed E-state index contributed by atoms with van der Waals surface area (Å²) in [5.74, 6) is -0.191. The molecule has 2 N–H and O–H groups in total. The molecule has 2 aliphatic rings. The highest BCUT2D eigenvalue weighted by atomic mass is 16.5. The Bertz CT molecular complexity index is 1100. The van der Waals surface area contributed by atoms with Crippen molar-refractivity contribution in [3.05, 3.63) is 28.8 Å². The standard InChI is InChI=1S/C33H53N3O3/c1-22-16-23(17-25(26(22)37)28(2,3)4)18-33(21-34,36-31(9,10)14-13-15-32(36,11)12)27(38)39-24-19-29(5,6)35-30(7,8)20-24/h16-17,24,35,37H,13-15,18-20H2,1-12H3. The van der Waals surface area contributed by atoms with Crippen LogP contribution in [0.2, 0.25) is 0 Å². The number of nitrogens with zero attached hydrogens (tertiary/aromatic N) is 2. The Morgan fingerprint density at radius 2 is 1.56 bits per heavy atom. The number of phenols is 1. The van der Waals surface area contributed by atoms with E-state index in [0.29, 0.717) is 12.8 Å². The lowest BCUT2D eigenvalue weighted by atomic mass is 9.73. The molecule has 0 saturated carbocycles. The minimum Gasteiger partial charge on any atom is -0.507 e. The number of aromatic hydroxyl groups is 1. The summed E-state index contributed by atoms with van der Waals surface area (Å²) in [5, 5.41) is 25.6. The van der Waals surface area contributed by atoms with Gasteiger partial charge in [-0.1, -0.05) is 32.9 Å². The van der Waals surface area contributed by atoms with Gasteiger partial charge in [0.2, 0.25) is 5.54 Å². The summed E-state index contributed by atoms with van der Waals surface area (Å²) in [6.45, 7) is 25.2. The highest BCUT2D eigenvalue weighted by Gasteiger charge is 2.58. The predicted octanol–water partition coefficient (Wildman–Crippen LogP) is 6.70. The molecule has 1 unspecified atom stereocenters. The molecule has 6 heteroatoms. The van der Waals surface area contributed by atoms with Crippen LogP contribution in [0.5, 0.6) is 5.75 Å². The molecule has 0 amide bonds. The zero-order chi connectivity index (χ0) is 29.8. The molecule has 2 heterocycles. The Kier molecular flexibility index (Phi) is 8.11. The molecule has 218 valence electrons. The van der Waals surface area contributed by atoms with Gasteiger partial charge in [0, 0.05) is 41.4 Å². The Balaban J connectivity index is 2.17. The third kappa shape index (κ3) is 6.46. The zero-order valence-electron chi connectivity index (χ0n) is 26.6. The Morgan fingerprint density at radius 3 is 2.03 bits per heavy atom. The fraction of sp³-hybridized carbons (Fsp3) is 0.758. The largest absolute Gasteiger partial charge is 0.507 e. The smallest absolute Gasteiger partial charge is 0.342 e. The Morgan fingerprint density at radius 1 is 1.05 bits per heavy atom. The third-order valence-corrected chi connectivity index (χ3v) is 8.75. The third-order valence-electron chi connectivity index (χ3n) is 8.75. The van der Waals surface area contributed by atoms with Crippen LogP contribution in [-0.2, 0) is 21.4 Å². The average molecular weight is 540 g/mol. The van der Waals surface area contributed by atoms with E-state index in [1.807, 2.05) is 19.1 Å². The number of nitrogens with one attached hydrogen (secondary N) is 1. The molecule has 0 aromatic heterocycles. The molecule has 0 aliphatic carbocycles. The molecule has 2 fully saturated rings. The van der Waals surface area contributed by atoms with E-state index in [0.717, 1.165) is 36.0 Å². The lowest BCUT2D eigenvalue weighted by molar-refractivity contribution is -0.178. The van der Waals surface area contributed by atoms with Crippen LogP contribution in [0, 0.1) is 18.3 Å². The molecule has 1 aromatic rings. The van der Waals surface area contributed by atoms with E-state index in [4.69, 9.17) is 4.74 Å². The second kappa shape index (κ2) is 10.1. The first-order valence-electron chi connectivity index (χ1n) is 14.6. The van der Waals surface area contributed by atoms with Crippen molar-refractivity contribution in [2.75, 3.05) is 0 Å². The second-order valence-corrected chi connectivity index (χ2v) is 15.8. The van der Waals surface area contributed by atoms with Gasteiger partial charge < -0.3 is 15.2 Å². The number of hydrogen-bond donors (Lipinski definition) is 2. The van der Waals surface area contributed by atoms with Gasteiger partial charge in [0.05, 0.1) is 6.07 Å². The monoisotopic (exact) mass is 539 g/mol. The quantitative estimate of drug-likeness (QED) is 0.405. The fourth-order valence-electron chi connectivity index (χ4n) is 7.79. The van der Waals surface area contributed by atoms with Gasteiger partial charge in [0.25, 0.3) is 0 Å². The number of likely N-dealkylation sites (tertiary alicyclic amines) is 1. The van der Waals surface area contributed by atoms with E-state index < -0.39 is 11.5 Å². The van der Waals surface area contributed by atoms with Crippen molar-refractivity contribution in [3.63, 3.8) is 0 Å². The molecule has 1 atom stereocenters. The molecule has 39 heavy (non-hydrogen) atoms. The van der Waals surface area contributed by atoms with E-state index in [1.54, 1.807) is 0 Å². The van der Waals surface area contributed by atoms with Crippen LogP contribution in [0.15, 0.2) is 12.1 Å². The van der Waals surface area contributed by atoms with Crippen LogP contribution in [0.3, 0.4) is 0 Å². The van der Waals surface area contributed by atoms with Gasteiger partial charge in [-0.25, -0.2) is 4.79 Å². The average Bonchev–Trinajstić information content (AvgIpc) is 2.70. The highest BCUT2D eigenvalue weighted by molar-refractivity contribution is 5.85. The number of piperidine rings is 2. The normalized spacial score (nSPS) is 24.4. The van der Waals surface area contributed by atoms with E-state index >= 15 is 0 Å². The highest BCUT2D eigenvalue weighted by Crippen LogP contribution is 2.46. The van der Waals surface area contributed by atoms with Gasteiger partial charge >= 0.3 is 5.97 Å². The minimum absolute atomic E-state index is 0.192. The summed E-state index contributed by atoms with van der Waals surface area (Å²) >= 11 is 0.